The Morgan fingerprint density at radius 1 is 1.43 bits per heavy atom. The summed E-state index contributed by atoms with van der Waals surface area (Å²) in [5.74, 6) is -1.02. The molecule has 2 aromatic rings. The number of rotatable bonds is 1. The van der Waals surface area contributed by atoms with Crippen molar-refractivity contribution in [1.29, 1.82) is 0 Å². The molecule has 2 rings (SSSR count). The minimum absolute atomic E-state index is 0.106. The van der Waals surface area contributed by atoms with Gasteiger partial charge in [-0.2, -0.15) is 0 Å². The Bertz CT molecular complexity index is 519. The van der Waals surface area contributed by atoms with Gasteiger partial charge in [0.15, 0.2) is 0 Å². The van der Waals surface area contributed by atoms with Gasteiger partial charge in [0.1, 0.15) is 5.69 Å². The summed E-state index contributed by atoms with van der Waals surface area (Å²) >= 11 is 5.77. The number of carboxylic acid groups (broad SMARTS) is 1. The number of anilines is 1. The Kier molecular flexibility index (Phi) is 1.86. The molecule has 72 valence electrons. The first-order chi connectivity index (χ1) is 6.58. The zero-order valence-electron chi connectivity index (χ0n) is 7.04. The Balaban J connectivity index is 2.76. The molecule has 1 aromatic carbocycles. The number of H-pyrrole nitrogens is 1. The molecule has 0 aliphatic heterocycles. The van der Waals surface area contributed by atoms with E-state index in [1.807, 2.05) is 0 Å². The zero-order chi connectivity index (χ0) is 10.3. The number of nitrogen functional groups attached to an aromatic ring is 1. The largest absolute Gasteiger partial charge is 0.477 e. The molecule has 0 spiro atoms. The summed E-state index contributed by atoms with van der Waals surface area (Å²) in [4.78, 5) is 13.4. The summed E-state index contributed by atoms with van der Waals surface area (Å²) in [6.07, 6.45) is 0. The molecule has 5 heteroatoms. The maximum Gasteiger partial charge on any atom is 0.352 e. The monoisotopic (exact) mass is 210 g/mol. The number of nitrogens with one attached hydrogen (secondary N) is 1. The highest BCUT2D eigenvalue weighted by Crippen LogP contribution is 2.26. The van der Waals surface area contributed by atoms with Crippen LogP contribution in [0.1, 0.15) is 10.5 Å². The highest BCUT2D eigenvalue weighted by atomic mass is 35.5. The van der Waals surface area contributed by atoms with Crippen LogP contribution in [-0.4, -0.2) is 16.1 Å². The van der Waals surface area contributed by atoms with Crippen molar-refractivity contribution in [3.63, 3.8) is 0 Å². The van der Waals surface area contributed by atoms with Gasteiger partial charge in [-0.1, -0.05) is 11.6 Å². The second kappa shape index (κ2) is 2.92. The Morgan fingerprint density at radius 3 is 2.79 bits per heavy atom. The maximum atomic E-state index is 10.7. The number of aromatic amines is 1. The molecule has 0 radical (unpaired) electrons. The number of hydrogen-bond donors (Lipinski definition) is 3. The van der Waals surface area contributed by atoms with Crippen LogP contribution in [0, 0.1) is 0 Å². The Labute approximate surface area is 84.3 Å². The third-order valence-electron chi connectivity index (χ3n) is 1.95. The van der Waals surface area contributed by atoms with E-state index in [2.05, 4.69) is 4.98 Å². The first-order valence-corrected chi connectivity index (χ1v) is 4.27. The number of carbonyl (C=O) groups is 1. The van der Waals surface area contributed by atoms with Crippen molar-refractivity contribution in [2.45, 2.75) is 0 Å². The van der Waals surface area contributed by atoms with Gasteiger partial charge >= 0.3 is 5.97 Å². The standard InChI is InChI=1S/C9H7ClN2O2/c10-5-1-4-2-7(9(13)14)12-8(4)6(11)3-5/h1-3,12H,11H2,(H,13,14). The molecule has 0 aliphatic carbocycles. The van der Waals surface area contributed by atoms with Crippen LogP contribution >= 0.6 is 11.6 Å². The average Bonchev–Trinajstić information content (AvgIpc) is 2.47. The van der Waals surface area contributed by atoms with Crippen molar-refractivity contribution >= 4 is 34.2 Å². The van der Waals surface area contributed by atoms with E-state index >= 15 is 0 Å². The van der Waals surface area contributed by atoms with E-state index < -0.39 is 5.97 Å². The van der Waals surface area contributed by atoms with Crippen LogP contribution in [0.5, 0.6) is 0 Å². The van der Waals surface area contributed by atoms with Gasteiger partial charge in [-0.25, -0.2) is 4.79 Å². The molecule has 4 N–H and O–H groups in total. The molecule has 0 unspecified atom stereocenters. The van der Waals surface area contributed by atoms with Crippen LogP contribution in [0.3, 0.4) is 0 Å². The molecule has 14 heavy (non-hydrogen) atoms. The quantitative estimate of drug-likeness (QED) is 0.631. The van der Waals surface area contributed by atoms with Crippen molar-refractivity contribution in [3.05, 3.63) is 28.9 Å². The number of carboxylic acids is 1. The summed E-state index contributed by atoms with van der Waals surface area (Å²) in [6, 6.07) is 4.74. The van der Waals surface area contributed by atoms with Crippen LogP contribution in [0.25, 0.3) is 10.9 Å². The summed E-state index contributed by atoms with van der Waals surface area (Å²) in [6.45, 7) is 0. The highest BCUT2D eigenvalue weighted by molar-refractivity contribution is 6.31. The SMILES string of the molecule is Nc1cc(Cl)cc2cc(C(=O)O)[nH]c12. The predicted molar refractivity (Wildman–Crippen MR) is 54.7 cm³/mol. The van der Waals surface area contributed by atoms with E-state index in [4.69, 9.17) is 22.4 Å². The molecule has 0 fully saturated rings. The predicted octanol–water partition coefficient (Wildman–Crippen LogP) is 2.10. The number of benzene rings is 1. The lowest BCUT2D eigenvalue weighted by atomic mass is 10.2. The summed E-state index contributed by atoms with van der Waals surface area (Å²) in [7, 11) is 0. The van der Waals surface area contributed by atoms with E-state index in [1.54, 1.807) is 12.1 Å². The molecule has 0 bridgehead atoms. The third kappa shape index (κ3) is 1.29. The molecule has 1 heterocycles. The fourth-order valence-corrected chi connectivity index (χ4v) is 1.58. The van der Waals surface area contributed by atoms with Gasteiger partial charge in [-0.3, -0.25) is 0 Å². The number of fused-ring (bicyclic) bond motifs is 1. The number of nitrogens with two attached hydrogens (primary N) is 1. The minimum atomic E-state index is -1.02. The van der Waals surface area contributed by atoms with Gasteiger partial charge in [0.2, 0.25) is 0 Å². The minimum Gasteiger partial charge on any atom is -0.477 e. The van der Waals surface area contributed by atoms with Crippen LogP contribution in [0.15, 0.2) is 18.2 Å². The van der Waals surface area contributed by atoms with Gasteiger partial charge in [-0.15, -0.1) is 0 Å². The Hall–Kier alpha value is -1.68. The number of hydrogen-bond acceptors (Lipinski definition) is 2. The summed E-state index contributed by atoms with van der Waals surface area (Å²) in [5, 5.41) is 9.93. The van der Waals surface area contributed by atoms with Crippen molar-refractivity contribution in [2.75, 3.05) is 5.73 Å². The second-order valence-electron chi connectivity index (χ2n) is 2.95. The zero-order valence-corrected chi connectivity index (χ0v) is 7.80. The van der Waals surface area contributed by atoms with Crippen molar-refractivity contribution in [1.82, 2.24) is 4.98 Å². The van der Waals surface area contributed by atoms with Crippen LogP contribution in [0.2, 0.25) is 5.02 Å². The number of halogens is 1. The maximum absolute atomic E-state index is 10.7. The molecule has 0 aliphatic rings. The molecular formula is C9H7ClN2O2. The lowest BCUT2D eigenvalue weighted by Crippen LogP contribution is -1.95. The average molecular weight is 211 g/mol. The highest BCUT2D eigenvalue weighted by Gasteiger charge is 2.09. The summed E-state index contributed by atoms with van der Waals surface area (Å²) in [5.41, 5.74) is 6.82. The lowest BCUT2D eigenvalue weighted by molar-refractivity contribution is 0.0691. The first kappa shape index (κ1) is 8.90. The lowest BCUT2D eigenvalue weighted by Gasteiger charge is -1.96. The fraction of sp³-hybridized carbons (Fsp3) is 0. The van der Waals surface area contributed by atoms with Crippen LogP contribution < -0.4 is 5.73 Å². The van der Waals surface area contributed by atoms with Gasteiger partial charge in [0, 0.05) is 10.4 Å². The molecule has 0 amide bonds. The fourth-order valence-electron chi connectivity index (χ4n) is 1.35. The van der Waals surface area contributed by atoms with Gasteiger partial charge in [0.25, 0.3) is 0 Å². The summed E-state index contributed by atoms with van der Waals surface area (Å²) < 4.78 is 0. The van der Waals surface area contributed by atoms with Gasteiger partial charge in [-0.05, 0) is 18.2 Å². The van der Waals surface area contributed by atoms with Crippen molar-refractivity contribution in [3.8, 4) is 0 Å². The molecule has 0 saturated heterocycles. The van der Waals surface area contributed by atoms with Crippen LogP contribution in [-0.2, 0) is 0 Å². The van der Waals surface area contributed by atoms with E-state index in [1.165, 1.54) is 6.07 Å². The number of aromatic carboxylic acids is 1. The van der Waals surface area contributed by atoms with Crippen molar-refractivity contribution < 1.29 is 9.90 Å². The van der Waals surface area contributed by atoms with Crippen molar-refractivity contribution in [2.24, 2.45) is 0 Å². The third-order valence-corrected chi connectivity index (χ3v) is 2.17. The van der Waals surface area contributed by atoms with Gasteiger partial charge in [0.05, 0.1) is 11.2 Å². The normalized spacial score (nSPS) is 10.6. The molecule has 4 nitrogen and oxygen atoms in total. The van der Waals surface area contributed by atoms with E-state index in [9.17, 15) is 4.79 Å². The first-order valence-electron chi connectivity index (χ1n) is 3.89. The van der Waals surface area contributed by atoms with Crippen LogP contribution in [0.4, 0.5) is 5.69 Å². The van der Waals surface area contributed by atoms with E-state index in [0.717, 1.165) is 0 Å². The number of aromatic nitrogens is 1. The molecule has 0 atom stereocenters. The molecular weight excluding hydrogens is 204 g/mol. The van der Waals surface area contributed by atoms with E-state index in [0.29, 0.717) is 21.6 Å². The molecule has 1 aromatic heterocycles. The Morgan fingerprint density at radius 2 is 2.14 bits per heavy atom. The van der Waals surface area contributed by atoms with E-state index in [-0.39, 0.29) is 5.69 Å². The second-order valence-corrected chi connectivity index (χ2v) is 3.38. The smallest absolute Gasteiger partial charge is 0.352 e. The topological polar surface area (TPSA) is 79.1 Å². The molecule has 0 saturated carbocycles. The van der Waals surface area contributed by atoms with Gasteiger partial charge < -0.3 is 15.8 Å².